The second kappa shape index (κ2) is 3.26. The zero-order chi connectivity index (χ0) is 8.43. The highest BCUT2D eigenvalue weighted by molar-refractivity contribution is 9.10. The number of nitrogens with zero attached hydrogens (tertiary/aromatic N) is 1. The van der Waals surface area contributed by atoms with E-state index in [-0.39, 0.29) is 0 Å². The van der Waals surface area contributed by atoms with E-state index in [9.17, 15) is 0 Å². The molecule has 0 atom stereocenters. The Kier molecular flexibility index (Phi) is 2.54. The average Bonchev–Trinajstić information content (AvgIpc) is 2.18. The summed E-state index contributed by atoms with van der Waals surface area (Å²) in [5.74, 6) is 1.16. The summed E-state index contributed by atoms with van der Waals surface area (Å²) >= 11 is 3.36. The molecule has 62 valence electrons. The van der Waals surface area contributed by atoms with E-state index in [1.54, 1.807) is 0 Å². The highest BCUT2D eigenvalue weighted by Crippen LogP contribution is 2.22. The number of nitrogens with two attached hydrogens (primary N) is 1. The molecule has 11 heavy (non-hydrogen) atoms. The summed E-state index contributed by atoms with van der Waals surface area (Å²) in [6.07, 6.45) is 0.977. The van der Waals surface area contributed by atoms with Crippen molar-refractivity contribution < 1.29 is 0 Å². The van der Waals surface area contributed by atoms with Gasteiger partial charge in [0.25, 0.3) is 0 Å². The van der Waals surface area contributed by atoms with Crippen molar-refractivity contribution in [3.05, 3.63) is 10.2 Å². The Balaban J connectivity index is 2.79. The Morgan fingerprint density at radius 1 is 1.64 bits per heavy atom. The van der Waals surface area contributed by atoms with Gasteiger partial charge in [-0.3, -0.25) is 5.10 Å². The number of aromatic amines is 1. The third kappa shape index (κ3) is 1.96. The number of hydrogen-bond donors (Lipinski definition) is 2. The first kappa shape index (κ1) is 8.59. The van der Waals surface area contributed by atoms with Gasteiger partial charge in [0.1, 0.15) is 0 Å². The van der Waals surface area contributed by atoms with E-state index in [4.69, 9.17) is 5.73 Å². The first-order chi connectivity index (χ1) is 5.11. The SMILES string of the molecule is CC(C)Cc1[nH]nc(N)c1Br. The van der Waals surface area contributed by atoms with Crippen LogP contribution in [0.1, 0.15) is 19.5 Å². The summed E-state index contributed by atoms with van der Waals surface area (Å²) in [5.41, 5.74) is 6.61. The molecule has 0 unspecified atom stereocenters. The summed E-state index contributed by atoms with van der Waals surface area (Å²) in [6, 6.07) is 0. The molecule has 0 amide bonds. The molecular weight excluding hydrogens is 206 g/mol. The minimum atomic E-state index is 0.542. The Bertz CT molecular complexity index is 242. The Hall–Kier alpha value is -0.510. The van der Waals surface area contributed by atoms with E-state index in [2.05, 4.69) is 40.0 Å². The highest BCUT2D eigenvalue weighted by atomic mass is 79.9. The van der Waals surface area contributed by atoms with Crippen molar-refractivity contribution in [2.75, 3.05) is 5.73 Å². The second-order valence-electron chi connectivity index (χ2n) is 3.00. The van der Waals surface area contributed by atoms with Crippen LogP contribution in [-0.2, 0) is 6.42 Å². The maximum Gasteiger partial charge on any atom is 0.159 e. The van der Waals surface area contributed by atoms with E-state index in [0.29, 0.717) is 11.7 Å². The molecular formula is C7H12BrN3. The molecule has 0 saturated heterocycles. The van der Waals surface area contributed by atoms with Crippen molar-refractivity contribution in [1.29, 1.82) is 0 Å². The number of nitrogen functional groups attached to an aromatic ring is 1. The maximum absolute atomic E-state index is 5.53. The minimum Gasteiger partial charge on any atom is -0.381 e. The van der Waals surface area contributed by atoms with Crippen molar-refractivity contribution in [3.8, 4) is 0 Å². The Morgan fingerprint density at radius 2 is 2.27 bits per heavy atom. The molecule has 0 fully saturated rings. The predicted octanol–water partition coefficient (Wildman–Crippen LogP) is 1.95. The van der Waals surface area contributed by atoms with Crippen molar-refractivity contribution >= 4 is 21.7 Å². The summed E-state index contributed by atoms with van der Waals surface area (Å²) in [5, 5.41) is 6.76. The summed E-state index contributed by atoms with van der Waals surface area (Å²) in [6.45, 7) is 4.31. The smallest absolute Gasteiger partial charge is 0.159 e. The zero-order valence-corrected chi connectivity index (χ0v) is 8.27. The van der Waals surface area contributed by atoms with Crippen molar-refractivity contribution in [3.63, 3.8) is 0 Å². The van der Waals surface area contributed by atoms with Gasteiger partial charge in [-0.25, -0.2) is 0 Å². The van der Waals surface area contributed by atoms with E-state index < -0.39 is 0 Å². The van der Waals surface area contributed by atoms with Crippen LogP contribution in [0.3, 0.4) is 0 Å². The molecule has 0 aromatic carbocycles. The molecule has 1 aromatic rings. The zero-order valence-electron chi connectivity index (χ0n) is 6.69. The van der Waals surface area contributed by atoms with E-state index in [1.807, 2.05) is 0 Å². The molecule has 0 saturated carbocycles. The summed E-state index contributed by atoms with van der Waals surface area (Å²) in [7, 11) is 0. The number of aromatic nitrogens is 2. The van der Waals surface area contributed by atoms with Crippen LogP contribution in [0.25, 0.3) is 0 Å². The fourth-order valence-electron chi connectivity index (χ4n) is 0.924. The summed E-state index contributed by atoms with van der Waals surface area (Å²) in [4.78, 5) is 0. The Morgan fingerprint density at radius 3 is 2.64 bits per heavy atom. The van der Waals surface area contributed by atoms with Gasteiger partial charge in [-0.2, -0.15) is 5.10 Å². The van der Waals surface area contributed by atoms with Crippen LogP contribution in [0.2, 0.25) is 0 Å². The van der Waals surface area contributed by atoms with Gasteiger partial charge >= 0.3 is 0 Å². The van der Waals surface area contributed by atoms with Gasteiger partial charge in [0.15, 0.2) is 5.82 Å². The van der Waals surface area contributed by atoms with Crippen molar-refractivity contribution in [2.45, 2.75) is 20.3 Å². The van der Waals surface area contributed by atoms with Crippen LogP contribution in [0, 0.1) is 5.92 Å². The van der Waals surface area contributed by atoms with Crippen LogP contribution >= 0.6 is 15.9 Å². The van der Waals surface area contributed by atoms with E-state index >= 15 is 0 Å². The number of halogens is 1. The molecule has 1 aromatic heterocycles. The number of H-pyrrole nitrogens is 1. The lowest BCUT2D eigenvalue weighted by atomic mass is 10.1. The molecule has 0 radical (unpaired) electrons. The number of anilines is 1. The van der Waals surface area contributed by atoms with Crippen LogP contribution < -0.4 is 5.73 Å². The normalized spacial score (nSPS) is 10.9. The molecule has 0 spiro atoms. The third-order valence-electron chi connectivity index (χ3n) is 1.41. The molecule has 0 aliphatic carbocycles. The largest absolute Gasteiger partial charge is 0.381 e. The van der Waals surface area contributed by atoms with Crippen molar-refractivity contribution in [1.82, 2.24) is 10.2 Å². The molecule has 0 aliphatic rings. The van der Waals surface area contributed by atoms with Gasteiger partial charge in [0, 0.05) is 0 Å². The third-order valence-corrected chi connectivity index (χ3v) is 2.30. The molecule has 0 bridgehead atoms. The quantitative estimate of drug-likeness (QED) is 0.797. The van der Waals surface area contributed by atoms with Gasteiger partial charge in [0.05, 0.1) is 10.2 Å². The number of nitrogens with one attached hydrogen (secondary N) is 1. The molecule has 3 N–H and O–H groups in total. The standard InChI is InChI=1S/C7H12BrN3/c1-4(2)3-5-6(8)7(9)11-10-5/h4H,3H2,1-2H3,(H3,9,10,11). The first-order valence-corrected chi connectivity index (χ1v) is 4.38. The fraction of sp³-hybridized carbons (Fsp3) is 0.571. The lowest BCUT2D eigenvalue weighted by Gasteiger charge is -2.00. The average molecular weight is 218 g/mol. The number of hydrogen-bond acceptors (Lipinski definition) is 2. The van der Waals surface area contributed by atoms with Gasteiger partial charge in [-0.15, -0.1) is 0 Å². The van der Waals surface area contributed by atoms with Crippen LogP contribution in [0.4, 0.5) is 5.82 Å². The van der Waals surface area contributed by atoms with Crippen molar-refractivity contribution in [2.24, 2.45) is 5.92 Å². The molecule has 1 heterocycles. The van der Waals surface area contributed by atoms with Crippen LogP contribution in [0.15, 0.2) is 4.47 Å². The molecule has 1 rings (SSSR count). The minimum absolute atomic E-state index is 0.542. The number of rotatable bonds is 2. The lowest BCUT2D eigenvalue weighted by molar-refractivity contribution is 0.632. The second-order valence-corrected chi connectivity index (χ2v) is 3.79. The van der Waals surface area contributed by atoms with Gasteiger partial charge in [-0.1, -0.05) is 13.8 Å². The Labute approximate surface area is 74.5 Å². The predicted molar refractivity (Wildman–Crippen MR) is 49.2 cm³/mol. The van der Waals surface area contributed by atoms with Crippen LogP contribution in [0.5, 0.6) is 0 Å². The van der Waals surface area contributed by atoms with E-state index in [1.165, 1.54) is 0 Å². The molecule has 0 aliphatic heterocycles. The highest BCUT2D eigenvalue weighted by Gasteiger charge is 2.08. The van der Waals surface area contributed by atoms with E-state index in [0.717, 1.165) is 16.6 Å². The topological polar surface area (TPSA) is 54.7 Å². The first-order valence-electron chi connectivity index (χ1n) is 3.59. The van der Waals surface area contributed by atoms with Gasteiger partial charge < -0.3 is 5.73 Å². The monoisotopic (exact) mass is 217 g/mol. The molecule has 3 nitrogen and oxygen atoms in total. The van der Waals surface area contributed by atoms with Gasteiger partial charge in [-0.05, 0) is 28.3 Å². The molecule has 4 heteroatoms. The maximum atomic E-state index is 5.53. The van der Waals surface area contributed by atoms with Crippen LogP contribution in [-0.4, -0.2) is 10.2 Å². The van der Waals surface area contributed by atoms with Gasteiger partial charge in [0.2, 0.25) is 0 Å². The lowest BCUT2D eigenvalue weighted by Crippen LogP contribution is -1.94. The summed E-state index contributed by atoms with van der Waals surface area (Å²) < 4.78 is 0.909. The fourth-order valence-corrected chi connectivity index (χ4v) is 1.26.